The lowest BCUT2D eigenvalue weighted by atomic mass is 10.1. The molecule has 0 aliphatic heterocycles. The number of halogens is 1. The topological polar surface area (TPSA) is 47.8 Å². The Morgan fingerprint density at radius 3 is 2.35 bits per heavy atom. The first kappa shape index (κ1) is 21.3. The molecular weight excluding hydrogens is 426 g/mol. The van der Waals surface area contributed by atoms with Crippen LogP contribution in [0.25, 0.3) is 17.1 Å². The van der Waals surface area contributed by atoms with Crippen LogP contribution in [-0.2, 0) is 6.42 Å². The van der Waals surface area contributed by atoms with Crippen LogP contribution >= 0.6 is 23.4 Å². The lowest BCUT2D eigenvalue weighted by Gasteiger charge is -2.13. The Bertz CT molecular complexity index is 1200. The van der Waals surface area contributed by atoms with Crippen molar-refractivity contribution in [1.82, 2.24) is 14.8 Å². The highest BCUT2D eigenvalue weighted by Crippen LogP contribution is 2.30. The van der Waals surface area contributed by atoms with Crippen molar-refractivity contribution in [2.75, 3.05) is 5.75 Å². The molecule has 1 aromatic heterocycles. The standard InChI is InChI=1S/C25H22ClN3OS/c1-3-18-8-10-19(11-9-18)23(30)16-31-25-28-27-24(20-12-14-21(26)15-13-20)29(25)22-7-5-4-6-17(22)2/h4-15H,3,16H2,1-2H3. The van der Waals surface area contributed by atoms with Gasteiger partial charge in [0.2, 0.25) is 0 Å². The van der Waals surface area contributed by atoms with E-state index in [0.717, 1.165) is 23.2 Å². The van der Waals surface area contributed by atoms with E-state index >= 15 is 0 Å². The van der Waals surface area contributed by atoms with E-state index in [4.69, 9.17) is 11.6 Å². The van der Waals surface area contributed by atoms with E-state index in [-0.39, 0.29) is 11.5 Å². The van der Waals surface area contributed by atoms with E-state index in [1.165, 1.54) is 17.3 Å². The molecule has 31 heavy (non-hydrogen) atoms. The van der Waals surface area contributed by atoms with Crippen molar-refractivity contribution in [1.29, 1.82) is 0 Å². The number of nitrogens with zero attached hydrogens (tertiary/aromatic N) is 3. The van der Waals surface area contributed by atoms with E-state index in [0.29, 0.717) is 21.6 Å². The van der Waals surface area contributed by atoms with Gasteiger partial charge in [0.15, 0.2) is 16.8 Å². The molecule has 0 aliphatic rings. The molecule has 0 atom stereocenters. The van der Waals surface area contributed by atoms with Gasteiger partial charge in [-0.3, -0.25) is 9.36 Å². The first-order chi connectivity index (χ1) is 15.1. The number of aromatic nitrogens is 3. The van der Waals surface area contributed by atoms with Crippen molar-refractivity contribution >= 4 is 29.1 Å². The molecule has 0 saturated carbocycles. The molecule has 0 amide bonds. The summed E-state index contributed by atoms with van der Waals surface area (Å²) in [5, 5.41) is 10.2. The summed E-state index contributed by atoms with van der Waals surface area (Å²) >= 11 is 7.46. The zero-order valence-electron chi connectivity index (χ0n) is 17.4. The fourth-order valence-electron chi connectivity index (χ4n) is 3.32. The number of Topliss-reactive ketones (excluding diaryl/α,β-unsaturated/α-hetero) is 1. The minimum absolute atomic E-state index is 0.0695. The van der Waals surface area contributed by atoms with Gasteiger partial charge in [-0.25, -0.2) is 0 Å². The third-order valence-electron chi connectivity index (χ3n) is 5.11. The van der Waals surface area contributed by atoms with Crippen molar-refractivity contribution in [3.05, 3.63) is 94.5 Å². The van der Waals surface area contributed by atoms with Crippen LogP contribution in [0.5, 0.6) is 0 Å². The predicted octanol–water partition coefficient (Wildman–Crippen LogP) is 6.43. The van der Waals surface area contributed by atoms with E-state index in [1.807, 2.05) is 71.3 Å². The van der Waals surface area contributed by atoms with E-state index in [9.17, 15) is 4.79 Å². The van der Waals surface area contributed by atoms with Crippen LogP contribution in [0.4, 0.5) is 0 Å². The number of benzene rings is 3. The molecule has 156 valence electrons. The maximum atomic E-state index is 12.8. The lowest BCUT2D eigenvalue weighted by molar-refractivity contribution is 0.102. The minimum Gasteiger partial charge on any atom is -0.293 e. The summed E-state index contributed by atoms with van der Waals surface area (Å²) in [4.78, 5) is 12.8. The van der Waals surface area contributed by atoms with Gasteiger partial charge in [-0.1, -0.05) is 72.8 Å². The Hall–Kier alpha value is -2.89. The summed E-state index contributed by atoms with van der Waals surface area (Å²) in [7, 11) is 0. The van der Waals surface area contributed by atoms with Gasteiger partial charge in [0.05, 0.1) is 11.4 Å². The van der Waals surface area contributed by atoms with Crippen molar-refractivity contribution in [2.24, 2.45) is 0 Å². The summed E-state index contributed by atoms with van der Waals surface area (Å²) in [6, 6.07) is 23.4. The first-order valence-corrected chi connectivity index (χ1v) is 11.5. The average Bonchev–Trinajstić information content (AvgIpc) is 3.22. The number of hydrogen-bond donors (Lipinski definition) is 0. The van der Waals surface area contributed by atoms with Gasteiger partial charge in [0.25, 0.3) is 0 Å². The zero-order valence-corrected chi connectivity index (χ0v) is 19.0. The highest BCUT2D eigenvalue weighted by molar-refractivity contribution is 7.99. The second kappa shape index (κ2) is 9.50. The number of rotatable bonds is 7. The number of carbonyl (C=O) groups excluding carboxylic acids is 1. The van der Waals surface area contributed by atoms with Gasteiger partial charge >= 0.3 is 0 Å². The Morgan fingerprint density at radius 2 is 1.68 bits per heavy atom. The molecule has 4 rings (SSSR count). The van der Waals surface area contributed by atoms with Crippen LogP contribution in [0.1, 0.15) is 28.4 Å². The van der Waals surface area contributed by atoms with Gasteiger partial charge in [0, 0.05) is 16.1 Å². The number of para-hydroxylation sites is 1. The zero-order chi connectivity index (χ0) is 21.8. The maximum absolute atomic E-state index is 12.8. The van der Waals surface area contributed by atoms with Crippen molar-refractivity contribution in [3.63, 3.8) is 0 Å². The summed E-state index contributed by atoms with van der Waals surface area (Å²) in [6.07, 6.45) is 0.955. The third-order valence-corrected chi connectivity index (χ3v) is 6.29. The third kappa shape index (κ3) is 4.73. The second-order valence-corrected chi connectivity index (χ2v) is 8.58. The highest BCUT2D eigenvalue weighted by atomic mass is 35.5. The van der Waals surface area contributed by atoms with E-state index in [2.05, 4.69) is 30.1 Å². The summed E-state index contributed by atoms with van der Waals surface area (Å²) in [6.45, 7) is 4.15. The van der Waals surface area contributed by atoms with Crippen LogP contribution < -0.4 is 0 Å². The van der Waals surface area contributed by atoms with Crippen LogP contribution in [-0.4, -0.2) is 26.3 Å². The SMILES string of the molecule is CCc1ccc(C(=O)CSc2nnc(-c3ccc(Cl)cc3)n2-c2ccccc2C)cc1. The Labute approximate surface area is 191 Å². The Kier molecular flexibility index (Phi) is 6.54. The Morgan fingerprint density at radius 1 is 0.968 bits per heavy atom. The average molecular weight is 448 g/mol. The van der Waals surface area contributed by atoms with Gasteiger partial charge in [-0.15, -0.1) is 10.2 Å². The van der Waals surface area contributed by atoms with Crippen LogP contribution in [0.2, 0.25) is 5.02 Å². The van der Waals surface area contributed by atoms with Crippen molar-refractivity contribution < 1.29 is 4.79 Å². The normalized spacial score (nSPS) is 10.9. The molecule has 0 aliphatic carbocycles. The molecule has 6 heteroatoms. The first-order valence-electron chi connectivity index (χ1n) is 10.1. The number of aryl methyl sites for hydroxylation is 2. The Balaban J connectivity index is 1.66. The fourth-order valence-corrected chi connectivity index (χ4v) is 4.29. The molecule has 4 aromatic rings. The fraction of sp³-hybridized carbons (Fsp3) is 0.160. The van der Waals surface area contributed by atoms with Crippen LogP contribution in [0.15, 0.2) is 78.0 Å². The lowest BCUT2D eigenvalue weighted by Crippen LogP contribution is -2.06. The van der Waals surface area contributed by atoms with E-state index < -0.39 is 0 Å². The monoisotopic (exact) mass is 447 g/mol. The maximum Gasteiger partial charge on any atom is 0.196 e. The van der Waals surface area contributed by atoms with E-state index in [1.54, 1.807) is 0 Å². The summed E-state index contributed by atoms with van der Waals surface area (Å²) < 4.78 is 2.01. The molecule has 0 spiro atoms. The number of ketones is 1. The molecular formula is C25H22ClN3OS. The minimum atomic E-state index is 0.0695. The summed E-state index contributed by atoms with van der Waals surface area (Å²) in [5.74, 6) is 1.07. The van der Waals surface area contributed by atoms with Gasteiger partial charge in [-0.05, 0) is 54.8 Å². The van der Waals surface area contributed by atoms with Gasteiger partial charge in [-0.2, -0.15) is 0 Å². The molecule has 0 fully saturated rings. The predicted molar refractivity (Wildman–Crippen MR) is 127 cm³/mol. The molecule has 0 bridgehead atoms. The molecule has 4 nitrogen and oxygen atoms in total. The molecule has 0 unspecified atom stereocenters. The second-order valence-electron chi connectivity index (χ2n) is 7.20. The smallest absolute Gasteiger partial charge is 0.196 e. The quantitative estimate of drug-likeness (QED) is 0.242. The number of thioether (sulfide) groups is 1. The van der Waals surface area contributed by atoms with Crippen LogP contribution in [0.3, 0.4) is 0 Å². The summed E-state index contributed by atoms with van der Waals surface area (Å²) in [5.41, 5.74) is 4.93. The molecule has 0 saturated heterocycles. The molecule has 0 N–H and O–H groups in total. The number of hydrogen-bond acceptors (Lipinski definition) is 4. The van der Waals surface area contributed by atoms with Crippen LogP contribution in [0, 0.1) is 6.92 Å². The molecule has 3 aromatic carbocycles. The molecule has 0 radical (unpaired) electrons. The molecule has 1 heterocycles. The largest absolute Gasteiger partial charge is 0.293 e. The van der Waals surface area contributed by atoms with Gasteiger partial charge < -0.3 is 0 Å². The number of carbonyl (C=O) groups is 1. The van der Waals surface area contributed by atoms with Gasteiger partial charge in [0.1, 0.15) is 0 Å². The van der Waals surface area contributed by atoms with Crippen molar-refractivity contribution in [2.45, 2.75) is 25.4 Å². The van der Waals surface area contributed by atoms with Crippen molar-refractivity contribution in [3.8, 4) is 17.1 Å². The highest BCUT2D eigenvalue weighted by Gasteiger charge is 2.19.